The first-order valence-electron chi connectivity index (χ1n) is 5.41. The van der Waals surface area contributed by atoms with Crippen LogP contribution in [0.2, 0.25) is 0 Å². The van der Waals surface area contributed by atoms with Gasteiger partial charge in [-0.1, -0.05) is 26.2 Å². The molecule has 0 heterocycles. The first kappa shape index (κ1) is 10.6. The smallest absolute Gasteiger partial charge is 0.302 e. The summed E-state index contributed by atoms with van der Waals surface area (Å²) in [5, 5.41) is 0. The maximum Gasteiger partial charge on any atom is 0.302 e. The molecule has 76 valence electrons. The van der Waals surface area contributed by atoms with Crippen molar-refractivity contribution in [2.45, 2.75) is 58.5 Å². The zero-order valence-corrected chi connectivity index (χ0v) is 8.71. The third kappa shape index (κ3) is 3.37. The summed E-state index contributed by atoms with van der Waals surface area (Å²) < 4.78 is 5.30. The Hall–Kier alpha value is -0.530. The molecule has 2 heteroatoms. The highest BCUT2D eigenvalue weighted by molar-refractivity contribution is 5.66. The fraction of sp³-hybridized carbons (Fsp3) is 0.909. The Bertz CT molecular complexity index is 159. The zero-order valence-electron chi connectivity index (χ0n) is 8.71. The Balaban J connectivity index is 2.39. The van der Waals surface area contributed by atoms with Crippen LogP contribution >= 0.6 is 0 Å². The first-order chi connectivity index (χ1) is 6.24. The predicted octanol–water partition coefficient (Wildman–Crippen LogP) is 2.91. The van der Waals surface area contributed by atoms with Gasteiger partial charge in [-0.2, -0.15) is 0 Å². The second-order valence-electron chi connectivity index (χ2n) is 3.95. The number of hydrogen-bond acceptors (Lipinski definition) is 2. The number of ether oxygens (including phenoxy) is 1. The third-order valence-corrected chi connectivity index (χ3v) is 2.90. The van der Waals surface area contributed by atoms with E-state index in [-0.39, 0.29) is 12.1 Å². The van der Waals surface area contributed by atoms with Gasteiger partial charge in [0.15, 0.2) is 0 Å². The summed E-state index contributed by atoms with van der Waals surface area (Å²) in [6.45, 7) is 3.60. The minimum atomic E-state index is -0.127. The van der Waals surface area contributed by atoms with Crippen LogP contribution in [0.1, 0.15) is 52.4 Å². The van der Waals surface area contributed by atoms with Gasteiger partial charge in [-0.3, -0.25) is 4.79 Å². The fourth-order valence-corrected chi connectivity index (χ4v) is 2.23. The van der Waals surface area contributed by atoms with Gasteiger partial charge in [-0.15, -0.1) is 0 Å². The molecule has 0 N–H and O–H groups in total. The lowest BCUT2D eigenvalue weighted by atomic mass is 9.84. The van der Waals surface area contributed by atoms with Crippen LogP contribution < -0.4 is 0 Å². The highest BCUT2D eigenvalue weighted by Crippen LogP contribution is 2.29. The topological polar surface area (TPSA) is 26.3 Å². The van der Waals surface area contributed by atoms with E-state index in [1.807, 2.05) is 0 Å². The van der Waals surface area contributed by atoms with Gasteiger partial charge in [-0.25, -0.2) is 0 Å². The minimum Gasteiger partial charge on any atom is -0.462 e. The van der Waals surface area contributed by atoms with Gasteiger partial charge in [0.25, 0.3) is 0 Å². The van der Waals surface area contributed by atoms with Gasteiger partial charge >= 0.3 is 5.97 Å². The van der Waals surface area contributed by atoms with Crippen LogP contribution in [0.4, 0.5) is 0 Å². The van der Waals surface area contributed by atoms with E-state index in [1.165, 1.54) is 39.0 Å². The zero-order chi connectivity index (χ0) is 9.68. The van der Waals surface area contributed by atoms with Crippen LogP contribution in [-0.4, -0.2) is 12.1 Å². The van der Waals surface area contributed by atoms with Gasteiger partial charge in [-0.05, 0) is 25.2 Å². The second kappa shape index (κ2) is 5.25. The third-order valence-electron chi connectivity index (χ3n) is 2.90. The molecule has 0 radical (unpaired) electrons. The standard InChI is InChI=1S/C11H20O2/c1-3-11(13-9(2)12)10-7-5-4-6-8-10/h10-11H,3-8H2,1-2H3. The number of rotatable bonds is 3. The molecule has 2 nitrogen and oxygen atoms in total. The van der Waals surface area contributed by atoms with Crippen molar-refractivity contribution in [2.75, 3.05) is 0 Å². The van der Waals surface area contributed by atoms with Gasteiger partial charge in [0, 0.05) is 6.92 Å². The molecule has 0 aromatic heterocycles. The van der Waals surface area contributed by atoms with Crippen molar-refractivity contribution < 1.29 is 9.53 Å². The maximum absolute atomic E-state index is 10.8. The lowest BCUT2D eigenvalue weighted by Gasteiger charge is -2.28. The van der Waals surface area contributed by atoms with Gasteiger partial charge in [0.05, 0.1) is 0 Å². The van der Waals surface area contributed by atoms with E-state index in [0.717, 1.165) is 6.42 Å². The lowest BCUT2D eigenvalue weighted by molar-refractivity contribution is -0.149. The average molecular weight is 184 g/mol. The van der Waals surface area contributed by atoms with Crippen LogP contribution in [0.25, 0.3) is 0 Å². The molecule has 0 saturated heterocycles. The molecule has 0 spiro atoms. The Morgan fingerprint density at radius 1 is 1.38 bits per heavy atom. The van der Waals surface area contributed by atoms with E-state index in [4.69, 9.17) is 4.74 Å². The van der Waals surface area contributed by atoms with Crippen LogP contribution in [-0.2, 0) is 9.53 Å². The SMILES string of the molecule is CCC(OC(C)=O)C1CCCCC1. The van der Waals surface area contributed by atoms with Crippen molar-refractivity contribution >= 4 is 5.97 Å². The summed E-state index contributed by atoms with van der Waals surface area (Å²) in [4.78, 5) is 10.8. The average Bonchev–Trinajstić information content (AvgIpc) is 2.15. The molecule has 0 amide bonds. The molecule has 0 aliphatic heterocycles. The summed E-state index contributed by atoms with van der Waals surface area (Å²) in [6.07, 6.45) is 7.59. The monoisotopic (exact) mass is 184 g/mol. The first-order valence-corrected chi connectivity index (χ1v) is 5.41. The molecule has 1 atom stereocenters. The van der Waals surface area contributed by atoms with Crippen molar-refractivity contribution in [3.63, 3.8) is 0 Å². The summed E-state index contributed by atoms with van der Waals surface area (Å²) in [5.41, 5.74) is 0. The van der Waals surface area contributed by atoms with Gasteiger partial charge < -0.3 is 4.74 Å². The van der Waals surface area contributed by atoms with E-state index in [0.29, 0.717) is 5.92 Å². The van der Waals surface area contributed by atoms with E-state index >= 15 is 0 Å². The summed E-state index contributed by atoms with van der Waals surface area (Å²) >= 11 is 0. The molecule has 1 unspecified atom stereocenters. The molecular formula is C11H20O2. The number of hydrogen-bond donors (Lipinski definition) is 0. The summed E-state index contributed by atoms with van der Waals surface area (Å²) in [6, 6.07) is 0. The molecular weight excluding hydrogens is 164 g/mol. The van der Waals surface area contributed by atoms with Crippen molar-refractivity contribution in [1.82, 2.24) is 0 Å². The maximum atomic E-state index is 10.8. The molecule has 0 aromatic carbocycles. The van der Waals surface area contributed by atoms with Crippen molar-refractivity contribution in [1.29, 1.82) is 0 Å². The van der Waals surface area contributed by atoms with Crippen molar-refractivity contribution in [2.24, 2.45) is 5.92 Å². The predicted molar refractivity (Wildman–Crippen MR) is 52.4 cm³/mol. The van der Waals surface area contributed by atoms with Crippen LogP contribution in [0.3, 0.4) is 0 Å². The Labute approximate surface area is 80.7 Å². The number of carbonyl (C=O) groups excluding carboxylic acids is 1. The Morgan fingerprint density at radius 2 is 2.00 bits per heavy atom. The van der Waals surface area contributed by atoms with E-state index < -0.39 is 0 Å². The molecule has 1 rings (SSSR count). The largest absolute Gasteiger partial charge is 0.462 e. The van der Waals surface area contributed by atoms with E-state index in [2.05, 4.69) is 6.92 Å². The Morgan fingerprint density at radius 3 is 2.46 bits per heavy atom. The van der Waals surface area contributed by atoms with Crippen LogP contribution in [0.5, 0.6) is 0 Å². The van der Waals surface area contributed by atoms with E-state index in [9.17, 15) is 4.79 Å². The minimum absolute atomic E-state index is 0.127. The Kier molecular flexibility index (Phi) is 4.26. The second-order valence-corrected chi connectivity index (χ2v) is 3.95. The number of esters is 1. The molecule has 1 saturated carbocycles. The van der Waals surface area contributed by atoms with Crippen molar-refractivity contribution in [3.8, 4) is 0 Å². The summed E-state index contributed by atoms with van der Waals surface area (Å²) in [5.74, 6) is 0.500. The van der Waals surface area contributed by atoms with Gasteiger partial charge in [0.1, 0.15) is 6.10 Å². The van der Waals surface area contributed by atoms with E-state index in [1.54, 1.807) is 0 Å². The van der Waals surface area contributed by atoms with Crippen LogP contribution in [0.15, 0.2) is 0 Å². The fourth-order valence-electron chi connectivity index (χ4n) is 2.23. The number of carbonyl (C=O) groups is 1. The molecule has 1 fully saturated rings. The molecule has 1 aliphatic rings. The molecule has 13 heavy (non-hydrogen) atoms. The molecule has 0 aromatic rings. The normalized spacial score (nSPS) is 21.1. The lowest BCUT2D eigenvalue weighted by Crippen LogP contribution is -2.27. The van der Waals surface area contributed by atoms with Gasteiger partial charge in [0.2, 0.25) is 0 Å². The molecule has 1 aliphatic carbocycles. The highest BCUT2D eigenvalue weighted by Gasteiger charge is 2.24. The summed E-state index contributed by atoms with van der Waals surface area (Å²) in [7, 11) is 0. The van der Waals surface area contributed by atoms with Crippen molar-refractivity contribution in [3.05, 3.63) is 0 Å². The quantitative estimate of drug-likeness (QED) is 0.630. The van der Waals surface area contributed by atoms with Crippen LogP contribution in [0, 0.1) is 5.92 Å². The molecule has 0 bridgehead atoms. The highest BCUT2D eigenvalue weighted by atomic mass is 16.5.